The van der Waals surface area contributed by atoms with Crippen LogP contribution in [0.1, 0.15) is 6.92 Å². The lowest BCUT2D eigenvalue weighted by Crippen LogP contribution is -2.49. The van der Waals surface area contributed by atoms with E-state index in [0.29, 0.717) is 0 Å². The molecule has 0 aromatic rings. The normalized spacial score (nSPS) is 14.7. The molecule has 0 saturated heterocycles. The van der Waals surface area contributed by atoms with Crippen LogP contribution in [0.15, 0.2) is 12.7 Å². The molecule has 0 rings (SSSR count). The maximum Gasteiger partial charge on any atom is 0.328 e. The lowest BCUT2D eigenvalue weighted by Gasteiger charge is -2.16. The predicted octanol–water partition coefficient (Wildman–Crippen LogP) is -1.46. The third-order valence-corrected chi connectivity index (χ3v) is 3.23. The second-order valence-corrected chi connectivity index (χ2v) is 5.58. The van der Waals surface area contributed by atoms with Crippen LogP contribution in [0, 0.1) is 0 Å². The van der Waals surface area contributed by atoms with Crippen LogP contribution < -0.4 is 5.32 Å². The summed E-state index contributed by atoms with van der Waals surface area (Å²) in [7, 11) is -3.63. The number of aliphatic hydroxyl groups excluding tert-OH is 1. The highest BCUT2D eigenvalue weighted by atomic mass is 32.2. The molecule has 0 saturated carbocycles. The molecule has 0 aromatic heterocycles. The van der Waals surface area contributed by atoms with Crippen LogP contribution in [0.3, 0.4) is 0 Å². The van der Waals surface area contributed by atoms with Crippen LogP contribution in [0.5, 0.6) is 0 Å². The van der Waals surface area contributed by atoms with Gasteiger partial charge in [-0.15, -0.1) is 6.58 Å². The standard InChI is InChI=1S/C9H15NO6S/c1-3-4-17(15,16)5-7(12)10-8(6(2)11)9(13)14/h3,6,8,11H,1,4-5H2,2H3,(H,10,12)(H,13,14). The summed E-state index contributed by atoms with van der Waals surface area (Å²) in [6, 6.07) is -1.53. The van der Waals surface area contributed by atoms with Crippen molar-refractivity contribution in [2.24, 2.45) is 0 Å². The van der Waals surface area contributed by atoms with Crippen molar-refractivity contribution in [1.82, 2.24) is 5.32 Å². The molecule has 0 aliphatic rings. The van der Waals surface area contributed by atoms with Crippen LogP contribution in [0.4, 0.5) is 0 Å². The number of amides is 1. The first-order valence-electron chi connectivity index (χ1n) is 4.71. The average molecular weight is 265 g/mol. The van der Waals surface area contributed by atoms with E-state index in [1.807, 2.05) is 5.32 Å². The van der Waals surface area contributed by atoms with Gasteiger partial charge in [0.15, 0.2) is 15.9 Å². The zero-order chi connectivity index (χ0) is 13.6. The summed E-state index contributed by atoms with van der Waals surface area (Å²) < 4.78 is 22.4. The first kappa shape index (κ1) is 15.6. The summed E-state index contributed by atoms with van der Waals surface area (Å²) in [6.45, 7) is 4.40. The number of rotatable bonds is 7. The summed E-state index contributed by atoms with van der Waals surface area (Å²) in [5.41, 5.74) is 0. The minimum atomic E-state index is -3.63. The molecule has 0 radical (unpaired) electrons. The number of carbonyl (C=O) groups excluding carboxylic acids is 1. The van der Waals surface area contributed by atoms with Gasteiger partial charge in [0.25, 0.3) is 0 Å². The van der Waals surface area contributed by atoms with Gasteiger partial charge in [0.05, 0.1) is 11.9 Å². The third-order valence-electron chi connectivity index (χ3n) is 1.79. The van der Waals surface area contributed by atoms with Crippen molar-refractivity contribution in [3.05, 3.63) is 12.7 Å². The highest BCUT2D eigenvalue weighted by Crippen LogP contribution is 1.96. The smallest absolute Gasteiger partial charge is 0.328 e. The molecular formula is C9H15NO6S. The van der Waals surface area contributed by atoms with Crippen molar-refractivity contribution in [3.63, 3.8) is 0 Å². The number of carbonyl (C=O) groups is 2. The Morgan fingerprint density at radius 2 is 2.00 bits per heavy atom. The molecule has 0 aliphatic heterocycles. The predicted molar refractivity (Wildman–Crippen MR) is 60.1 cm³/mol. The Balaban J connectivity index is 4.54. The Labute approximate surface area is 99.1 Å². The SMILES string of the molecule is C=CCS(=O)(=O)CC(=O)NC(C(=O)O)C(C)O. The minimum absolute atomic E-state index is 0.368. The van der Waals surface area contributed by atoms with Gasteiger partial charge in [-0.25, -0.2) is 13.2 Å². The topological polar surface area (TPSA) is 121 Å². The third kappa shape index (κ3) is 6.03. The van der Waals surface area contributed by atoms with Crippen LogP contribution in [-0.2, 0) is 19.4 Å². The number of aliphatic hydroxyl groups is 1. The summed E-state index contributed by atoms with van der Waals surface area (Å²) in [4.78, 5) is 21.9. The number of aliphatic carboxylic acids is 1. The van der Waals surface area contributed by atoms with Gasteiger partial charge in [-0.05, 0) is 6.92 Å². The fourth-order valence-electron chi connectivity index (χ4n) is 1.04. The molecule has 0 aromatic carbocycles. The number of sulfone groups is 1. The van der Waals surface area contributed by atoms with E-state index in [2.05, 4.69) is 6.58 Å². The van der Waals surface area contributed by atoms with Gasteiger partial charge in [0.2, 0.25) is 5.91 Å². The van der Waals surface area contributed by atoms with E-state index in [-0.39, 0.29) is 5.75 Å². The lowest BCUT2D eigenvalue weighted by atomic mass is 10.2. The highest BCUT2D eigenvalue weighted by Gasteiger charge is 2.26. The van der Waals surface area contributed by atoms with E-state index in [9.17, 15) is 18.0 Å². The van der Waals surface area contributed by atoms with Crippen molar-refractivity contribution in [2.75, 3.05) is 11.5 Å². The van der Waals surface area contributed by atoms with Gasteiger partial charge in [0, 0.05) is 0 Å². The Kier molecular flexibility index (Phi) is 5.83. The summed E-state index contributed by atoms with van der Waals surface area (Å²) >= 11 is 0. The van der Waals surface area contributed by atoms with E-state index in [0.717, 1.165) is 6.08 Å². The van der Waals surface area contributed by atoms with Crippen LogP contribution >= 0.6 is 0 Å². The largest absolute Gasteiger partial charge is 0.480 e. The van der Waals surface area contributed by atoms with E-state index >= 15 is 0 Å². The zero-order valence-electron chi connectivity index (χ0n) is 9.29. The molecule has 98 valence electrons. The Morgan fingerprint density at radius 3 is 2.35 bits per heavy atom. The van der Waals surface area contributed by atoms with Crippen molar-refractivity contribution < 1.29 is 28.2 Å². The van der Waals surface area contributed by atoms with Gasteiger partial charge >= 0.3 is 5.97 Å². The fourth-order valence-corrected chi connectivity index (χ4v) is 2.00. The maximum atomic E-state index is 11.3. The summed E-state index contributed by atoms with van der Waals surface area (Å²) in [5.74, 6) is -3.61. The zero-order valence-corrected chi connectivity index (χ0v) is 10.1. The number of nitrogens with one attached hydrogen (secondary N) is 1. The highest BCUT2D eigenvalue weighted by molar-refractivity contribution is 7.92. The summed E-state index contributed by atoms with van der Waals surface area (Å²) in [6.07, 6.45) is -0.190. The van der Waals surface area contributed by atoms with Gasteiger partial charge in [-0.3, -0.25) is 4.79 Å². The Morgan fingerprint density at radius 1 is 1.47 bits per heavy atom. The monoisotopic (exact) mass is 265 g/mol. The van der Waals surface area contributed by atoms with Gasteiger partial charge in [-0.1, -0.05) is 6.08 Å². The molecule has 0 spiro atoms. The van der Waals surface area contributed by atoms with Crippen molar-refractivity contribution in [3.8, 4) is 0 Å². The van der Waals surface area contributed by atoms with Gasteiger partial charge < -0.3 is 15.5 Å². The molecule has 1 amide bonds. The van der Waals surface area contributed by atoms with Crippen molar-refractivity contribution >= 4 is 21.7 Å². The number of carboxylic acids is 1. The number of carboxylic acid groups (broad SMARTS) is 1. The number of hydrogen-bond acceptors (Lipinski definition) is 5. The Hall–Kier alpha value is -1.41. The van der Waals surface area contributed by atoms with Crippen LogP contribution in [-0.4, -0.2) is 54.2 Å². The number of hydrogen-bond donors (Lipinski definition) is 3. The van der Waals surface area contributed by atoms with E-state index in [1.165, 1.54) is 6.92 Å². The van der Waals surface area contributed by atoms with Gasteiger partial charge in [0.1, 0.15) is 5.75 Å². The summed E-state index contributed by atoms with van der Waals surface area (Å²) in [5, 5.41) is 19.7. The second-order valence-electron chi connectivity index (χ2n) is 3.47. The molecule has 17 heavy (non-hydrogen) atoms. The van der Waals surface area contributed by atoms with Crippen LogP contribution in [0.25, 0.3) is 0 Å². The molecule has 8 heteroatoms. The Bertz CT molecular complexity index is 400. The quantitative estimate of drug-likeness (QED) is 0.484. The fraction of sp³-hybridized carbons (Fsp3) is 0.556. The van der Waals surface area contributed by atoms with E-state index < -0.39 is 39.6 Å². The van der Waals surface area contributed by atoms with Gasteiger partial charge in [-0.2, -0.15) is 0 Å². The first-order valence-corrected chi connectivity index (χ1v) is 6.53. The van der Waals surface area contributed by atoms with Crippen LogP contribution in [0.2, 0.25) is 0 Å². The van der Waals surface area contributed by atoms with Crippen molar-refractivity contribution in [2.45, 2.75) is 19.1 Å². The maximum absolute atomic E-state index is 11.3. The molecule has 0 bridgehead atoms. The molecule has 0 heterocycles. The molecule has 0 aliphatic carbocycles. The molecule has 7 nitrogen and oxygen atoms in total. The van der Waals surface area contributed by atoms with E-state index in [1.54, 1.807) is 0 Å². The first-order chi connectivity index (χ1) is 7.69. The van der Waals surface area contributed by atoms with Crippen molar-refractivity contribution in [1.29, 1.82) is 0 Å². The lowest BCUT2D eigenvalue weighted by molar-refractivity contribution is -0.144. The molecule has 3 N–H and O–H groups in total. The second kappa shape index (κ2) is 6.36. The minimum Gasteiger partial charge on any atom is -0.480 e. The molecular weight excluding hydrogens is 250 g/mol. The molecule has 2 atom stereocenters. The molecule has 0 fully saturated rings. The average Bonchev–Trinajstić information content (AvgIpc) is 2.11. The molecule has 2 unspecified atom stereocenters. The van der Waals surface area contributed by atoms with E-state index in [4.69, 9.17) is 10.2 Å².